The summed E-state index contributed by atoms with van der Waals surface area (Å²) in [5, 5.41) is 0.762. The van der Waals surface area contributed by atoms with Crippen LogP contribution in [0, 0.1) is 0 Å². The molecule has 0 spiro atoms. The molecule has 1 atom stereocenters. The number of carbonyl (C=O) groups excluding carboxylic acids is 1. The second-order valence-corrected chi connectivity index (χ2v) is 9.04. The molecule has 3 heterocycles. The highest BCUT2D eigenvalue weighted by Crippen LogP contribution is 2.44. The van der Waals surface area contributed by atoms with Crippen molar-refractivity contribution in [3.05, 3.63) is 68.5 Å². The lowest BCUT2D eigenvalue weighted by Crippen LogP contribution is -2.39. The van der Waals surface area contributed by atoms with Gasteiger partial charge < -0.3 is 23.5 Å². The van der Waals surface area contributed by atoms with Crippen LogP contribution in [0.25, 0.3) is 11.0 Å². The van der Waals surface area contributed by atoms with E-state index in [2.05, 4.69) is 4.90 Å². The number of benzene rings is 2. The normalized spacial score (nSPS) is 18.2. The molecule has 1 aromatic heterocycles. The van der Waals surface area contributed by atoms with E-state index in [1.807, 2.05) is 12.1 Å². The molecule has 0 radical (unpaired) electrons. The number of carbonyl (C=O) groups is 1. The molecule has 2 aliphatic heterocycles. The zero-order valence-corrected chi connectivity index (χ0v) is 20.5. The zero-order valence-electron chi connectivity index (χ0n) is 19.7. The fraction of sp³-hybridized carbons (Fsp3) is 0.385. The zero-order chi connectivity index (χ0) is 24.5. The van der Waals surface area contributed by atoms with Gasteiger partial charge in [0.1, 0.15) is 5.58 Å². The maximum absolute atomic E-state index is 13.7. The van der Waals surface area contributed by atoms with E-state index in [0.29, 0.717) is 58.4 Å². The molecule has 0 unspecified atom stereocenters. The van der Waals surface area contributed by atoms with Crippen LogP contribution in [0.15, 0.2) is 45.6 Å². The van der Waals surface area contributed by atoms with Crippen molar-refractivity contribution in [2.24, 2.45) is 0 Å². The van der Waals surface area contributed by atoms with Crippen LogP contribution in [-0.4, -0.2) is 69.3 Å². The van der Waals surface area contributed by atoms with Gasteiger partial charge in [-0.05, 0) is 30.7 Å². The summed E-state index contributed by atoms with van der Waals surface area (Å²) in [5.74, 6) is 0.744. The lowest BCUT2D eigenvalue weighted by molar-refractivity contribution is 0.0353. The number of hydrogen-bond donors (Lipinski definition) is 0. The lowest BCUT2D eigenvalue weighted by atomic mass is 9.97. The van der Waals surface area contributed by atoms with Gasteiger partial charge in [0.05, 0.1) is 44.4 Å². The Hall–Kier alpha value is -3.07. The minimum absolute atomic E-state index is 0.0612. The maximum Gasteiger partial charge on any atom is 0.290 e. The van der Waals surface area contributed by atoms with Crippen molar-refractivity contribution in [2.75, 3.05) is 53.6 Å². The average Bonchev–Trinajstić information content (AvgIpc) is 3.16. The van der Waals surface area contributed by atoms with Gasteiger partial charge in [-0.3, -0.25) is 14.5 Å². The molecule has 1 amide bonds. The quantitative estimate of drug-likeness (QED) is 0.491. The molecule has 1 saturated heterocycles. The van der Waals surface area contributed by atoms with Crippen LogP contribution >= 0.6 is 11.6 Å². The van der Waals surface area contributed by atoms with Gasteiger partial charge in [-0.15, -0.1) is 0 Å². The number of ether oxygens (including phenoxy) is 3. The second kappa shape index (κ2) is 9.89. The molecule has 0 bridgehead atoms. The molecule has 2 aromatic carbocycles. The van der Waals surface area contributed by atoms with Gasteiger partial charge >= 0.3 is 0 Å². The third kappa shape index (κ3) is 4.26. The largest absolute Gasteiger partial charge is 0.493 e. The molecule has 35 heavy (non-hydrogen) atoms. The standard InChI is InChI=1S/C26H27ClN2O6/c1-32-20-6-3-5-17(24(20)33-2)22-21-23(30)18-15-16(27)7-8-19(18)35-25(21)26(31)29(22)10-4-9-28-11-13-34-14-12-28/h3,5-8,15,22H,4,9-14H2,1-2H3/t22-/m0/s1. The Morgan fingerprint density at radius 1 is 1.06 bits per heavy atom. The Balaban J connectivity index is 1.60. The first-order valence-electron chi connectivity index (χ1n) is 11.6. The van der Waals surface area contributed by atoms with E-state index in [-0.39, 0.29) is 17.1 Å². The van der Waals surface area contributed by atoms with Gasteiger partial charge in [-0.1, -0.05) is 23.7 Å². The Morgan fingerprint density at radius 3 is 2.60 bits per heavy atom. The van der Waals surface area contributed by atoms with Gasteiger partial charge in [0.15, 0.2) is 16.9 Å². The van der Waals surface area contributed by atoms with Gasteiger partial charge in [-0.25, -0.2) is 0 Å². The number of rotatable bonds is 7. The third-order valence-electron chi connectivity index (χ3n) is 6.63. The molecule has 5 rings (SSSR count). The number of fused-ring (bicyclic) bond motifs is 2. The number of morpholine rings is 1. The summed E-state index contributed by atoms with van der Waals surface area (Å²) < 4.78 is 22.6. The van der Waals surface area contributed by atoms with Crippen molar-refractivity contribution >= 4 is 28.5 Å². The molecule has 9 heteroatoms. The first-order valence-corrected chi connectivity index (χ1v) is 12.0. The first-order chi connectivity index (χ1) is 17.0. The fourth-order valence-electron chi connectivity index (χ4n) is 4.96. The predicted molar refractivity (Wildman–Crippen MR) is 132 cm³/mol. The highest BCUT2D eigenvalue weighted by Gasteiger charge is 2.44. The van der Waals surface area contributed by atoms with Crippen LogP contribution in [0.1, 0.15) is 34.1 Å². The molecule has 0 saturated carbocycles. The Kier molecular flexibility index (Phi) is 6.69. The summed E-state index contributed by atoms with van der Waals surface area (Å²) in [5.41, 5.74) is 1.02. The van der Waals surface area contributed by atoms with Crippen LogP contribution in [0.2, 0.25) is 5.02 Å². The fourth-order valence-corrected chi connectivity index (χ4v) is 5.14. The maximum atomic E-state index is 13.7. The summed E-state index contributed by atoms with van der Waals surface area (Å²) in [6.07, 6.45) is 0.738. The van der Waals surface area contributed by atoms with Crippen LogP contribution in [0.4, 0.5) is 0 Å². The monoisotopic (exact) mass is 498 g/mol. The number of halogens is 1. The van der Waals surface area contributed by atoms with Crippen LogP contribution in [0.3, 0.4) is 0 Å². The number of hydrogen-bond acceptors (Lipinski definition) is 7. The molecule has 8 nitrogen and oxygen atoms in total. The summed E-state index contributed by atoms with van der Waals surface area (Å²) in [7, 11) is 3.10. The van der Waals surface area contributed by atoms with Crippen molar-refractivity contribution in [1.82, 2.24) is 9.80 Å². The Morgan fingerprint density at radius 2 is 1.86 bits per heavy atom. The third-order valence-corrected chi connectivity index (χ3v) is 6.87. The minimum atomic E-state index is -0.674. The topological polar surface area (TPSA) is 81.5 Å². The predicted octanol–water partition coefficient (Wildman–Crippen LogP) is 3.73. The number of methoxy groups -OCH3 is 2. The van der Waals surface area contributed by atoms with Crippen molar-refractivity contribution in [1.29, 1.82) is 0 Å². The molecule has 0 N–H and O–H groups in total. The minimum Gasteiger partial charge on any atom is -0.493 e. The van der Waals surface area contributed by atoms with E-state index in [1.54, 1.807) is 43.4 Å². The van der Waals surface area contributed by atoms with E-state index in [0.717, 1.165) is 26.1 Å². The number of amides is 1. The van der Waals surface area contributed by atoms with E-state index >= 15 is 0 Å². The molecule has 1 fully saturated rings. The lowest BCUT2D eigenvalue weighted by Gasteiger charge is -2.29. The smallest absolute Gasteiger partial charge is 0.290 e. The molecular formula is C26H27ClN2O6. The van der Waals surface area contributed by atoms with E-state index in [4.69, 9.17) is 30.2 Å². The van der Waals surface area contributed by atoms with Crippen molar-refractivity contribution in [3.63, 3.8) is 0 Å². The number of para-hydroxylation sites is 1. The van der Waals surface area contributed by atoms with Gasteiger partial charge in [0.2, 0.25) is 5.76 Å². The van der Waals surface area contributed by atoms with Gasteiger partial charge in [-0.2, -0.15) is 0 Å². The second-order valence-electron chi connectivity index (χ2n) is 8.61. The SMILES string of the molecule is COc1cccc([C@H]2c3c(oc4ccc(Cl)cc4c3=O)C(=O)N2CCCN2CCOCC2)c1OC. The van der Waals surface area contributed by atoms with Crippen molar-refractivity contribution in [3.8, 4) is 11.5 Å². The van der Waals surface area contributed by atoms with Gasteiger partial charge in [0, 0.05) is 36.8 Å². The van der Waals surface area contributed by atoms with Crippen molar-refractivity contribution < 1.29 is 23.4 Å². The van der Waals surface area contributed by atoms with E-state index in [9.17, 15) is 9.59 Å². The first kappa shape index (κ1) is 23.7. The van der Waals surface area contributed by atoms with E-state index in [1.165, 1.54) is 0 Å². The molecule has 184 valence electrons. The Bertz CT molecular complexity index is 1320. The molecule has 2 aliphatic rings. The Labute approximate surface area is 207 Å². The van der Waals surface area contributed by atoms with Crippen LogP contribution in [0.5, 0.6) is 11.5 Å². The van der Waals surface area contributed by atoms with E-state index < -0.39 is 6.04 Å². The van der Waals surface area contributed by atoms with Crippen molar-refractivity contribution in [2.45, 2.75) is 12.5 Å². The molecule has 0 aliphatic carbocycles. The summed E-state index contributed by atoms with van der Waals surface area (Å²) in [6, 6.07) is 9.62. The molecular weight excluding hydrogens is 472 g/mol. The summed E-state index contributed by atoms with van der Waals surface area (Å²) in [6.45, 7) is 4.43. The summed E-state index contributed by atoms with van der Waals surface area (Å²) in [4.78, 5) is 31.4. The van der Waals surface area contributed by atoms with Gasteiger partial charge in [0.25, 0.3) is 5.91 Å². The van der Waals surface area contributed by atoms with Crippen LogP contribution < -0.4 is 14.9 Å². The number of nitrogens with zero attached hydrogens (tertiary/aromatic N) is 2. The van der Waals surface area contributed by atoms with Crippen LogP contribution in [-0.2, 0) is 4.74 Å². The average molecular weight is 499 g/mol. The highest BCUT2D eigenvalue weighted by molar-refractivity contribution is 6.31. The summed E-state index contributed by atoms with van der Waals surface area (Å²) >= 11 is 6.17. The molecule has 3 aromatic rings. The highest BCUT2D eigenvalue weighted by atomic mass is 35.5.